The van der Waals surface area contributed by atoms with Gasteiger partial charge in [-0.25, -0.2) is 8.77 Å². The van der Waals surface area contributed by atoms with E-state index in [1.54, 1.807) is 13.8 Å². The third-order valence-corrected chi connectivity index (χ3v) is 2.20. The van der Waals surface area contributed by atoms with E-state index >= 15 is 0 Å². The summed E-state index contributed by atoms with van der Waals surface area (Å²) >= 11 is 0. The molecule has 0 saturated heterocycles. The van der Waals surface area contributed by atoms with Crippen molar-refractivity contribution < 1.29 is 31.8 Å². The minimum absolute atomic E-state index is 0.191. The van der Waals surface area contributed by atoms with E-state index in [2.05, 4.69) is 17.8 Å². The van der Waals surface area contributed by atoms with Crippen LogP contribution in [0.3, 0.4) is 0 Å². The van der Waals surface area contributed by atoms with Gasteiger partial charge in [-0.1, -0.05) is 0 Å². The smallest absolute Gasteiger partial charge is 0.303 e. The standard InChI is InChI=1S/C4H11N3O3S.H3O4P/c1-3-9-11(8,7-6-5)10-4-2;1-5(2,3)4/h11H,3-4H2,1-2H3;(H3,1,2,3,4). The summed E-state index contributed by atoms with van der Waals surface area (Å²) in [6, 6.07) is 0. The Kier molecular flexibility index (Phi) is 9.63. The van der Waals surface area contributed by atoms with Crippen LogP contribution in [0.15, 0.2) is 4.52 Å². The first-order chi connectivity index (χ1) is 7.18. The van der Waals surface area contributed by atoms with Gasteiger partial charge in [-0.3, -0.25) is 8.37 Å². The SMILES string of the molecule is CCO[SH](=O)(N=[N+]=[N-])OCC.O=P(O)(O)O. The van der Waals surface area contributed by atoms with Crippen LogP contribution in [0.1, 0.15) is 13.8 Å². The maximum Gasteiger partial charge on any atom is 0.466 e. The third-order valence-electron chi connectivity index (χ3n) is 0.734. The highest BCUT2D eigenvalue weighted by Crippen LogP contribution is 2.25. The molecule has 0 rings (SSSR count). The van der Waals surface area contributed by atoms with Crippen molar-refractivity contribution in [3.05, 3.63) is 10.4 Å². The summed E-state index contributed by atoms with van der Waals surface area (Å²) in [7, 11) is -8.15. The molecule has 0 aromatic heterocycles. The number of nitrogens with zero attached hydrogens (tertiary/aromatic N) is 3. The van der Waals surface area contributed by atoms with Gasteiger partial charge < -0.3 is 14.7 Å². The average molecular weight is 279 g/mol. The monoisotopic (exact) mass is 279 g/mol. The Morgan fingerprint density at radius 2 is 1.62 bits per heavy atom. The summed E-state index contributed by atoms with van der Waals surface area (Å²) in [5, 5.41) is 0. The van der Waals surface area contributed by atoms with Gasteiger partial charge in [0.05, 0.1) is 13.2 Å². The van der Waals surface area contributed by atoms with Gasteiger partial charge in [-0.2, -0.15) is 0 Å². The van der Waals surface area contributed by atoms with Crippen LogP contribution in [0, 0.1) is 0 Å². The lowest BCUT2D eigenvalue weighted by molar-refractivity contribution is 0.249. The summed E-state index contributed by atoms with van der Waals surface area (Å²) in [4.78, 5) is 23.9. The first kappa shape index (κ1) is 17.9. The van der Waals surface area contributed by atoms with Crippen molar-refractivity contribution in [2.24, 2.45) is 4.52 Å². The number of thiol groups is 1. The summed E-state index contributed by atoms with van der Waals surface area (Å²) in [5.74, 6) is 0. The zero-order valence-electron chi connectivity index (χ0n) is 8.62. The van der Waals surface area contributed by atoms with E-state index in [1.165, 1.54) is 0 Å². The number of azide groups is 1. The molecule has 0 unspecified atom stereocenters. The molecule has 10 nitrogen and oxygen atoms in total. The second-order valence-corrected chi connectivity index (χ2v) is 4.66. The quantitative estimate of drug-likeness (QED) is 0.183. The fraction of sp³-hybridized carbons (Fsp3) is 1.00. The van der Waals surface area contributed by atoms with Crippen molar-refractivity contribution in [1.82, 2.24) is 0 Å². The minimum Gasteiger partial charge on any atom is -0.303 e. The Morgan fingerprint density at radius 3 is 1.81 bits per heavy atom. The van der Waals surface area contributed by atoms with E-state index in [0.717, 1.165) is 0 Å². The molecule has 12 heteroatoms. The Balaban J connectivity index is 0. The Morgan fingerprint density at radius 1 is 1.31 bits per heavy atom. The second-order valence-electron chi connectivity index (χ2n) is 2.00. The fourth-order valence-electron chi connectivity index (χ4n) is 0.464. The molecule has 0 aromatic carbocycles. The topological polar surface area (TPSA) is 162 Å². The van der Waals surface area contributed by atoms with Crippen LogP contribution in [0.4, 0.5) is 0 Å². The molecule has 3 N–H and O–H groups in total. The van der Waals surface area contributed by atoms with Gasteiger partial charge in [0, 0.05) is 9.43 Å². The molecule has 16 heavy (non-hydrogen) atoms. The van der Waals surface area contributed by atoms with Crippen LogP contribution in [-0.2, 0) is 23.6 Å². The molecule has 0 aliphatic carbocycles. The van der Waals surface area contributed by atoms with E-state index in [-0.39, 0.29) is 13.2 Å². The van der Waals surface area contributed by atoms with Crippen molar-refractivity contribution in [1.29, 1.82) is 0 Å². The lowest BCUT2D eigenvalue weighted by atomic mass is 10.9. The van der Waals surface area contributed by atoms with Crippen LogP contribution in [0.25, 0.3) is 10.4 Å². The lowest BCUT2D eigenvalue weighted by Crippen LogP contribution is -2.15. The summed E-state index contributed by atoms with van der Waals surface area (Å²) in [6.45, 7) is 3.66. The van der Waals surface area contributed by atoms with Crippen molar-refractivity contribution in [2.75, 3.05) is 13.2 Å². The van der Waals surface area contributed by atoms with Gasteiger partial charge in [0.1, 0.15) is 0 Å². The Bertz CT molecular complexity index is 305. The van der Waals surface area contributed by atoms with Crippen molar-refractivity contribution in [3.63, 3.8) is 0 Å². The lowest BCUT2D eigenvalue weighted by Gasteiger charge is -2.16. The van der Waals surface area contributed by atoms with Gasteiger partial charge in [-0.15, -0.1) is 0 Å². The number of phosphoric acid groups is 1. The molecule has 98 valence electrons. The number of hydrogen-bond acceptors (Lipinski definition) is 4. The Hall–Kier alpha value is -0.510. The van der Waals surface area contributed by atoms with Crippen LogP contribution in [-0.4, -0.2) is 32.1 Å². The molecule has 0 fully saturated rings. The van der Waals surface area contributed by atoms with E-state index in [4.69, 9.17) is 24.8 Å². The number of rotatable bonds is 5. The summed E-state index contributed by atoms with van der Waals surface area (Å²) in [5.41, 5.74) is 7.98. The maximum atomic E-state index is 11.1. The van der Waals surface area contributed by atoms with Crippen molar-refractivity contribution >= 4 is 18.5 Å². The van der Waals surface area contributed by atoms with Gasteiger partial charge in [-0.05, 0) is 19.4 Å². The summed E-state index contributed by atoms with van der Waals surface area (Å²) < 4.78 is 32.2. The molecule has 0 amide bonds. The predicted molar refractivity (Wildman–Crippen MR) is 56.2 cm³/mol. The zero-order chi connectivity index (χ0) is 13.2. The average Bonchev–Trinajstić information content (AvgIpc) is 2.01. The molecule has 0 saturated carbocycles. The molecule has 0 heterocycles. The minimum atomic E-state index is -4.64. The normalized spacial score (nSPS) is 12.1. The van der Waals surface area contributed by atoms with Crippen molar-refractivity contribution in [3.8, 4) is 0 Å². The van der Waals surface area contributed by atoms with Gasteiger partial charge in [0.15, 0.2) is 10.7 Å². The van der Waals surface area contributed by atoms with E-state index in [0.29, 0.717) is 0 Å². The van der Waals surface area contributed by atoms with Crippen LogP contribution < -0.4 is 0 Å². The first-order valence-electron chi connectivity index (χ1n) is 3.92. The highest BCUT2D eigenvalue weighted by molar-refractivity contribution is 7.92. The molecular formula is C4H14N3O7PS. The second kappa shape index (κ2) is 8.62. The van der Waals surface area contributed by atoms with Crippen LogP contribution >= 0.6 is 7.82 Å². The van der Waals surface area contributed by atoms with Gasteiger partial charge in [0.25, 0.3) is 0 Å². The number of hydrogen-bond donors (Lipinski definition) is 4. The van der Waals surface area contributed by atoms with Crippen molar-refractivity contribution in [2.45, 2.75) is 13.8 Å². The van der Waals surface area contributed by atoms with E-state index in [9.17, 15) is 4.21 Å². The largest absolute Gasteiger partial charge is 0.466 e. The highest BCUT2D eigenvalue weighted by atomic mass is 32.3. The molecule has 0 spiro atoms. The zero-order valence-corrected chi connectivity index (χ0v) is 10.4. The fourth-order valence-corrected chi connectivity index (χ4v) is 1.39. The maximum absolute atomic E-state index is 11.1. The third kappa shape index (κ3) is 15.9. The molecule has 0 bridgehead atoms. The molecule has 0 aromatic rings. The van der Waals surface area contributed by atoms with Gasteiger partial charge in [0.2, 0.25) is 0 Å². The predicted octanol–water partition coefficient (Wildman–Crippen LogP) is 0.203. The van der Waals surface area contributed by atoms with Gasteiger partial charge >= 0.3 is 7.82 Å². The Labute approximate surface area is 93.0 Å². The van der Waals surface area contributed by atoms with E-state index in [1.807, 2.05) is 0 Å². The summed E-state index contributed by atoms with van der Waals surface area (Å²) in [6.07, 6.45) is 0. The molecule has 0 aliphatic rings. The highest BCUT2D eigenvalue weighted by Gasteiger charge is 2.09. The first-order valence-corrected chi connectivity index (χ1v) is 6.98. The van der Waals surface area contributed by atoms with Crippen LogP contribution in [0.2, 0.25) is 0 Å². The molecular weight excluding hydrogens is 265 g/mol. The molecule has 0 radical (unpaired) electrons. The van der Waals surface area contributed by atoms with E-state index < -0.39 is 18.5 Å². The van der Waals surface area contributed by atoms with Crippen LogP contribution in [0.5, 0.6) is 0 Å². The molecule has 0 aliphatic heterocycles. The molecule has 0 atom stereocenters.